The number of fused-ring (bicyclic) bond motifs is 1. The van der Waals surface area contributed by atoms with E-state index in [1.807, 2.05) is 47.4 Å². The largest absolute Gasteiger partial charge is 0.354 e. The first-order chi connectivity index (χ1) is 11.6. The van der Waals surface area contributed by atoms with Crippen LogP contribution in [-0.2, 0) is 9.84 Å². The molecule has 3 aromatic rings. The molecule has 3 heterocycles. The molecule has 24 heavy (non-hydrogen) atoms. The average molecular weight is 343 g/mol. The molecule has 0 aliphatic carbocycles. The van der Waals surface area contributed by atoms with E-state index in [0.29, 0.717) is 31.0 Å². The monoisotopic (exact) mass is 343 g/mol. The molecular formula is C16H17N5O2S. The zero-order valence-electron chi connectivity index (χ0n) is 13.0. The summed E-state index contributed by atoms with van der Waals surface area (Å²) in [6.45, 7) is 1.14. The Bertz CT molecular complexity index is 969. The Morgan fingerprint density at radius 2 is 1.75 bits per heavy atom. The highest BCUT2D eigenvalue weighted by molar-refractivity contribution is 7.91. The summed E-state index contributed by atoms with van der Waals surface area (Å²) >= 11 is 0. The number of benzene rings is 1. The Morgan fingerprint density at radius 1 is 0.917 bits per heavy atom. The third-order valence-electron chi connectivity index (χ3n) is 4.16. The second-order valence-electron chi connectivity index (χ2n) is 5.84. The highest BCUT2D eigenvalue weighted by Gasteiger charge is 2.21. The number of hydrogen-bond donors (Lipinski definition) is 0. The van der Waals surface area contributed by atoms with Gasteiger partial charge in [0.05, 0.1) is 11.5 Å². The molecule has 8 heteroatoms. The topological polar surface area (TPSA) is 80.5 Å². The lowest BCUT2D eigenvalue weighted by Crippen LogP contribution is -2.28. The molecule has 0 N–H and O–H groups in total. The van der Waals surface area contributed by atoms with E-state index in [1.165, 1.54) is 0 Å². The quantitative estimate of drug-likeness (QED) is 0.700. The molecule has 0 saturated carbocycles. The second kappa shape index (κ2) is 5.86. The smallest absolute Gasteiger partial charge is 0.185 e. The summed E-state index contributed by atoms with van der Waals surface area (Å²) in [5, 5.41) is 13.0. The van der Waals surface area contributed by atoms with Crippen LogP contribution in [-0.4, -0.2) is 52.8 Å². The van der Waals surface area contributed by atoms with Gasteiger partial charge in [-0.3, -0.25) is 0 Å². The number of aromatic nitrogens is 4. The number of sulfone groups is 1. The van der Waals surface area contributed by atoms with E-state index in [1.54, 1.807) is 4.52 Å². The first-order valence-electron chi connectivity index (χ1n) is 7.86. The van der Waals surface area contributed by atoms with Crippen molar-refractivity contribution in [3.05, 3.63) is 42.5 Å². The zero-order chi connectivity index (χ0) is 16.6. The molecular weight excluding hydrogens is 326 g/mol. The Morgan fingerprint density at radius 3 is 2.58 bits per heavy atom. The van der Waals surface area contributed by atoms with Crippen molar-refractivity contribution in [3.63, 3.8) is 0 Å². The fourth-order valence-corrected chi connectivity index (χ4v) is 4.15. The van der Waals surface area contributed by atoms with Gasteiger partial charge in [-0.25, -0.2) is 8.42 Å². The van der Waals surface area contributed by atoms with Crippen LogP contribution in [0.2, 0.25) is 0 Å². The fraction of sp³-hybridized carbons (Fsp3) is 0.312. The van der Waals surface area contributed by atoms with Crippen LogP contribution in [0.15, 0.2) is 42.5 Å². The van der Waals surface area contributed by atoms with Crippen LogP contribution >= 0.6 is 0 Å². The van der Waals surface area contributed by atoms with Crippen molar-refractivity contribution in [1.29, 1.82) is 0 Å². The van der Waals surface area contributed by atoms with Gasteiger partial charge in [0.2, 0.25) is 0 Å². The maximum Gasteiger partial charge on any atom is 0.185 e. The molecule has 0 bridgehead atoms. The Balaban J connectivity index is 1.73. The van der Waals surface area contributed by atoms with Gasteiger partial charge in [0, 0.05) is 18.7 Å². The van der Waals surface area contributed by atoms with Gasteiger partial charge in [-0.1, -0.05) is 30.3 Å². The minimum Gasteiger partial charge on any atom is -0.354 e. The number of anilines is 1. The van der Waals surface area contributed by atoms with Crippen molar-refractivity contribution in [2.75, 3.05) is 29.5 Å². The molecule has 1 aliphatic heterocycles. The summed E-state index contributed by atoms with van der Waals surface area (Å²) in [7, 11) is -2.94. The van der Waals surface area contributed by atoms with Crippen LogP contribution in [0, 0.1) is 0 Å². The number of hydrogen-bond acceptors (Lipinski definition) is 6. The van der Waals surface area contributed by atoms with E-state index in [9.17, 15) is 8.42 Å². The summed E-state index contributed by atoms with van der Waals surface area (Å²) < 4.78 is 25.3. The van der Waals surface area contributed by atoms with Crippen LogP contribution < -0.4 is 4.90 Å². The number of rotatable bonds is 2. The van der Waals surface area contributed by atoms with Crippen molar-refractivity contribution < 1.29 is 8.42 Å². The van der Waals surface area contributed by atoms with E-state index < -0.39 is 9.84 Å². The standard InChI is InChI=1S/C16H17N5O2S/c22-24(23)11-4-9-20(10-12-24)15-8-7-14-17-18-16(21(14)19-15)13-5-2-1-3-6-13/h1-3,5-8H,4,9-12H2. The maximum absolute atomic E-state index is 11.8. The molecule has 124 valence electrons. The molecule has 1 aromatic carbocycles. The Labute approximate surface area is 139 Å². The van der Waals surface area contributed by atoms with Crippen molar-refractivity contribution in [1.82, 2.24) is 19.8 Å². The molecule has 2 aromatic heterocycles. The third kappa shape index (κ3) is 2.84. The molecule has 0 amide bonds. The Kier molecular flexibility index (Phi) is 3.68. The first-order valence-corrected chi connectivity index (χ1v) is 9.68. The predicted molar refractivity (Wildman–Crippen MR) is 91.7 cm³/mol. The van der Waals surface area contributed by atoms with Crippen molar-refractivity contribution in [2.24, 2.45) is 0 Å². The van der Waals surface area contributed by atoms with Crippen LogP contribution in [0.25, 0.3) is 17.0 Å². The third-order valence-corrected chi connectivity index (χ3v) is 5.88. The molecule has 0 spiro atoms. The van der Waals surface area contributed by atoms with E-state index in [2.05, 4.69) is 15.3 Å². The van der Waals surface area contributed by atoms with Gasteiger partial charge < -0.3 is 4.90 Å². The molecule has 7 nitrogen and oxygen atoms in total. The lowest BCUT2D eigenvalue weighted by atomic mass is 10.2. The summed E-state index contributed by atoms with van der Waals surface area (Å²) in [4.78, 5) is 2.01. The van der Waals surface area contributed by atoms with Crippen LogP contribution in [0.5, 0.6) is 0 Å². The van der Waals surface area contributed by atoms with Gasteiger partial charge in [-0.05, 0) is 18.6 Å². The van der Waals surface area contributed by atoms with Gasteiger partial charge in [0.1, 0.15) is 5.82 Å². The molecule has 1 saturated heterocycles. The summed E-state index contributed by atoms with van der Waals surface area (Å²) in [5.41, 5.74) is 1.60. The van der Waals surface area contributed by atoms with Crippen molar-refractivity contribution in [3.8, 4) is 11.4 Å². The van der Waals surface area contributed by atoms with E-state index in [-0.39, 0.29) is 11.5 Å². The summed E-state index contributed by atoms with van der Waals surface area (Å²) in [6.07, 6.45) is 0.621. The van der Waals surface area contributed by atoms with E-state index >= 15 is 0 Å². The average Bonchev–Trinajstić information content (AvgIpc) is 2.92. The summed E-state index contributed by atoms with van der Waals surface area (Å²) in [6, 6.07) is 13.5. The highest BCUT2D eigenvalue weighted by atomic mass is 32.2. The molecule has 4 rings (SSSR count). The molecule has 0 unspecified atom stereocenters. The van der Waals surface area contributed by atoms with Gasteiger partial charge >= 0.3 is 0 Å². The lowest BCUT2D eigenvalue weighted by molar-refractivity contribution is 0.597. The molecule has 0 radical (unpaired) electrons. The van der Waals surface area contributed by atoms with E-state index in [0.717, 1.165) is 11.4 Å². The minimum absolute atomic E-state index is 0.167. The second-order valence-corrected chi connectivity index (χ2v) is 8.15. The lowest BCUT2D eigenvalue weighted by Gasteiger charge is -2.20. The maximum atomic E-state index is 11.8. The van der Waals surface area contributed by atoms with Gasteiger partial charge in [0.25, 0.3) is 0 Å². The van der Waals surface area contributed by atoms with Gasteiger partial charge in [-0.2, -0.15) is 4.52 Å². The SMILES string of the molecule is O=S1(=O)CCCN(c2ccc3nnc(-c4ccccc4)n3n2)CC1. The van der Waals surface area contributed by atoms with Crippen LogP contribution in [0.3, 0.4) is 0 Å². The zero-order valence-corrected chi connectivity index (χ0v) is 13.9. The fourth-order valence-electron chi connectivity index (χ4n) is 2.88. The van der Waals surface area contributed by atoms with Crippen LogP contribution in [0.4, 0.5) is 5.82 Å². The van der Waals surface area contributed by atoms with Gasteiger partial charge in [0.15, 0.2) is 21.3 Å². The minimum atomic E-state index is -2.94. The molecule has 0 atom stereocenters. The predicted octanol–water partition coefficient (Wildman–Crippen LogP) is 1.42. The van der Waals surface area contributed by atoms with Crippen molar-refractivity contribution >= 4 is 21.3 Å². The van der Waals surface area contributed by atoms with Crippen molar-refractivity contribution in [2.45, 2.75) is 6.42 Å². The highest BCUT2D eigenvalue weighted by Crippen LogP contribution is 2.20. The summed E-state index contributed by atoms with van der Waals surface area (Å²) in [5.74, 6) is 1.83. The molecule has 1 aliphatic rings. The first kappa shape index (κ1) is 15.1. The Hall–Kier alpha value is -2.48. The number of nitrogens with zero attached hydrogens (tertiary/aromatic N) is 5. The molecule has 1 fully saturated rings. The van der Waals surface area contributed by atoms with Gasteiger partial charge in [-0.15, -0.1) is 15.3 Å². The van der Waals surface area contributed by atoms with E-state index in [4.69, 9.17) is 0 Å². The normalized spacial score (nSPS) is 17.8. The van der Waals surface area contributed by atoms with Crippen LogP contribution in [0.1, 0.15) is 6.42 Å².